The monoisotopic (exact) mass is 551 g/mol. The third kappa shape index (κ3) is 3.61. The lowest BCUT2D eigenvalue weighted by atomic mass is 10.00. The summed E-state index contributed by atoms with van der Waals surface area (Å²) < 4.78 is 2.56. The summed E-state index contributed by atoms with van der Waals surface area (Å²) in [5, 5.41) is 7.72. The molecule has 1 aliphatic heterocycles. The molecule has 9 rings (SSSR count). The van der Waals surface area contributed by atoms with Crippen LogP contribution < -0.4 is 10.6 Å². The smallest absolute Gasteiger partial charge is 0.132 e. The summed E-state index contributed by atoms with van der Waals surface area (Å²) in [6, 6.07) is 54.7. The molecule has 1 aliphatic rings. The first kappa shape index (κ1) is 24.1. The van der Waals surface area contributed by atoms with E-state index < -0.39 is 0 Å². The van der Waals surface area contributed by atoms with Crippen LogP contribution in [-0.2, 0) is 0 Å². The molecule has 43 heavy (non-hydrogen) atoms. The van der Waals surface area contributed by atoms with Crippen molar-refractivity contribution in [2.24, 2.45) is 0 Å². The number of hydrogen-bond acceptors (Lipinski definition) is 2. The van der Waals surface area contributed by atoms with Crippen molar-refractivity contribution in [3.05, 3.63) is 157 Å². The highest BCUT2D eigenvalue weighted by Crippen LogP contribution is 2.58. The van der Waals surface area contributed by atoms with Crippen molar-refractivity contribution in [3.63, 3.8) is 0 Å². The Labute approximate surface area is 250 Å². The van der Waals surface area contributed by atoms with Crippen LogP contribution in [0.1, 0.15) is 17.8 Å². The Morgan fingerprint density at radius 1 is 0.465 bits per heavy atom. The van der Waals surface area contributed by atoms with Crippen LogP contribution in [0.4, 0.5) is 11.4 Å². The van der Waals surface area contributed by atoms with Gasteiger partial charge in [-0.25, -0.2) is 0 Å². The lowest BCUT2D eigenvalue weighted by Crippen LogP contribution is -2.04. The second-order valence-corrected chi connectivity index (χ2v) is 11.5. The summed E-state index contributed by atoms with van der Waals surface area (Å²) >= 11 is 0. The normalized spacial score (nSPS) is 16.4. The van der Waals surface area contributed by atoms with E-state index in [1.807, 2.05) is 12.1 Å². The van der Waals surface area contributed by atoms with E-state index in [1.165, 1.54) is 60.0 Å². The van der Waals surface area contributed by atoms with Gasteiger partial charge in [-0.05, 0) is 62.5 Å². The molecule has 7 aromatic carbocycles. The number of fused-ring (bicyclic) bond motifs is 7. The van der Waals surface area contributed by atoms with Crippen molar-refractivity contribution in [2.45, 2.75) is 12.2 Å². The van der Waals surface area contributed by atoms with Gasteiger partial charge in [0.15, 0.2) is 0 Å². The third-order valence-electron chi connectivity index (χ3n) is 9.20. The average Bonchev–Trinajstić information content (AvgIpc) is 3.69. The maximum atomic E-state index is 6.64. The van der Waals surface area contributed by atoms with E-state index in [2.05, 4.69) is 149 Å². The van der Waals surface area contributed by atoms with Crippen molar-refractivity contribution in [2.75, 3.05) is 10.6 Å². The molecule has 0 spiro atoms. The third-order valence-corrected chi connectivity index (χ3v) is 9.20. The van der Waals surface area contributed by atoms with Crippen LogP contribution in [0.2, 0.25) is 0 Å². The van der Waals surface area contributed by atoms with Gasteiger partial charge in [0.25, 0.3) is 0 Å². The number of aromatic nitrogens is 1. The Bertz CT molecular complexity index is 2220. The SMILES string of the molecule is Nc1ccccc1N1C(c2ccc(-c3ccccc3)cc2)C1n1c2ccc3ccccc3c2c2c3ccccc3ccc21. The molecule has 0 bridgehead atoms. The van der Waals surface area contributed by atoms with Gasteiger partial charge >= 0.3 is 0 Å². The number of nitrogens with zero attached hydrogens (tertiary/aromatic N) is 2. The minimum absolute atomic E-state index is 0.0783. The van der Waals surface area contributed by atoms with Crippen LogP contribution in [0.3, 0.4) is 0 Å². The number of para-hydroxylation sites is 2. The number of hydrogen-bond donors (Lipinski definition) is 1. The Kier molecular flexibility index (Phi) is 5.17. The molecule has 1 saturated heterocycles. The molecule has 0 saturated carbocycles. The predicted octanol–water partition coefficient (Wildman–Crippen LogP) is 10.1. The van der Waals surface area contributed by atoms with Crippen molar-refractivity contribution < 1.29 is 0 Å². The molecule has 0 amide bonds. The Morgan fingerprint density at radius 2 is 1.00 bits per heavy atom. The van der Waals surface area contributed by atoms with Crippen LogP contribution in [0, 0.1) is 0 Å². The molecule has 2 N–H and O–H groups in total. The summed E-state index contributed by atoms with van der Waals surface area (Å²) in [5.74, 6) is 0. The largest absolute Gasteiger partial charge is 0.397 e. The summed E-state index contributed by atoms with van der Waals surface area (Å²) in [4.78, 5) is 2.48. The summed E-state index contributed by atoms with van der Waals surface area (Å²) in [7, 11) is 0. The fourth-order valence-electron chi connectivity index (χ4n) is 7.20. The van der Waals surface area contributed by atoms with Gasteiger partial charge < -0.3 is 15.2 Å². The number of nitrogens with two attached hydrogens (primary N) is 1. The van der Waals surface area contributed by atoms with Crippen molar-refractivity contribution in [1.82, 2.24) is 4.57 Å². The maximum absolute atomic E-state index is 6.64. The van der Waals surface area contributed by atoms with Crippen LogP contribution in [-0.4, -0.2) is 4.57 Å². The molecular formula is C40H29N3. The van der Waals surface area contributed by atoms with E-state index >= 15 is 0 Å². The van der Waals surface area contributed by atoms with Gasteiger partial charge in [0.2, 0.25) is 0 Å². The molecule has 2 unspecified atom stereocenters. The topological polar surface area (TPSA) is 34.0 Å². The van der Waals surface area contributed by atoms with Gasteiger partial charge in [-0.3, -0.25) is 0 Å². The predicted molar refractivity (Wildman–Crippen MR) is 181 cm³/mol. The first-order valence-electron chi connectivity index (χ1n) is 14.9. The van der Waals surface area contributed by atoms with Crippen LogP contribution in [0.25, 0.3) is 54.5 Å². The first-order chi connectivity index (χ1) is 21.3. The molecule has 2 heterocycles. The van der Waals surface area contributed by atoms with E-state index in [0.29, 0.717) is 0 Å². The minimum Gasteiger partial charge on any atom is -0.397 e. The van der Waals surface area contributed by atoms with Gasteiger partial charge in [0.05, 0.1) is 28.5 Å². The van der Waals surface area contributed by atoms with E-state index in [-0.39, 0.29) is 12.2 Å². The number of nitrogen functional groups attached to an aromatic ring is 1. The molecule has 1 aromatic heterocycles. The number of anilines is 2. The highest BCUT2D eigenvalue weighted by molar-refractivity contribution is 6.28. The Hall–Kier alpha value is -5.54. The van der Waals surface area contributed by atoms with E-state index in [0.717, 1.165) is 11.4 Å². The van der Waals surface area contributed by atoms with Crippen LogP contribution >= 0.6 is 0 Å². The zero-order chi connectivity index (χ0) is 28.5. The molecule has 0 radical (unpaired) electrons. The molecule has 3 nitrogen and oxygen atoms in total. The quantitative estimate of drug-likeness (QED) is 0.174. The fraction of sp³-hybridized carbons (Fsp3) is 0.0500. The lowest BCUT2D eigenvalue weighted by Gasteiger charge is -2.12. The minimum atomic E-state index is 0.0783. The van der Waals surface area contributed by atoms with E-state index in [1.54, 1.807) is 0 Å². The molecule has 204 valence electrons. The van der Waals surface area contributed by atoms with Gasteiger partial charge in [0.1, 0.15) is 6.17 Å². The second kappa shape index (κ2) is 9.23. The van der Waals surface area contributed by atoms with Gasteiger partial charge in [-0.15, -0.1) is 0 Å². The zero-order valence-electron chi connectivity index (χ0n) is 23.6. The summed E-state index contributed by atoms with van der Waals surface area (Å²) in [6.07, 6.45) is 0.0783. The number of benzene rings is 7. The molecule has 2 atom stereocenters. The van der Waals surface area contributed by atoms with Crippen LogP contribution in [0.5, 0.6) is 0 Å². The molecule has 1 fully saturated rings. The zero-order valence-corrected chi connectivity index (χ0v) is 23.6. The molecule has 8 aromatic rings. The number of rotatable bonds is 4. The van der Waals surface area contributed by atoms with Crippen molar-refractivity contribution in [1.29, 1.82) is 0 Å². The van der Waals surface area contributed by atoms with Crippen molar-refractivity contribution in [3.8, 4) is 11.1 Å². The maximum Gasteiger partial charge on any atom is 0.132 e. The fourth-order valence-corrected chi connectivity index (χ4v) is 7.20. The first-order valence-corrected chi connectivity index (χ1v) is 14.9. The highest BCUT2D eigenvalue weighted by Gasteiger charge is 2.51. The van der Waals surface area contributed by atoms with E-state index in [4.69, 9.17) is 5.73 Å². The Balaban J connectivity index is 1.30. The van der Waals surface area contributed by atoms with Gasteiger partial charge in [-0.1, -0.05) is 127 Å². The van der Waals surface area contributed by atoms with Crippen molar-refractivity contribution >= 4 is 54.7 Å². The molecule has 3 heteroatoms. The average molecular weight is 552 g/mol. The summed E-state index contributed by atoms with van der Waals surface area (Å²) in [6.45, 7) is 0. The molecule has 0 aliphatic carbocycles. The van der Waals surface area contributed by atoms with E-state index in [9.17, 15) is 0 Å². The van der Waals surface area contributed by atoms with Gasteiger partial charge in [-0.2, -0.15) is 0 Å². The van der Waals surface area contributed by atoms with Gasteiger partial charge in [0, 0.05) is 10.8 Å². The lowest BCUT2D eigenvalue weighted by molar-refractivity contribution is 0.773. The summed E-state index contributed by atoms with van der Waals surface area (Å²) in [5.41, 5.74) is 14.7. The van der Waals surface area contributed by atoms with Crippen LogP contribution in [0.15, 0.2) is 152 Å². The second-order valence-electron chi connectivity index (χ2n) is 11.5. The Morgan fingerprint density at radius 3 is 1.63 bits per heavy atom. The highest BCUT2D eigenvalue weighted by atomic mass is 15.5. The molecular weight excluding hydrogens is 522 g/mol. The standard InChI is InChI=1S/C40H29N3/c41-33-16-8-9-17-34(33)43-39(30-20-18-27(19-21-30)26-10-2-1-3-11-26)40(43)42-35-24-22-28-12-4-6-14-31(28)37(35)38-32-15-7-5-13-29(32)23-25-36(38)42/h1-25,39-40H,41H2.